The quantitative estimate of drug-likeness (QED) is 0.857. The van der Waals surface area contributed by atoms with Crippen molar-refractivity contribution in [3.05, 3.63) is 49.9 Å². The maximum absolute atomic E-state index is 12.1. The average Bonchev–Trinajstić information content (AvgIpc) is 2.92. The standard InChI is InChI=1S/C14H15N3OS2/c1-9-12(20-14(19)15-9)6-13(18)16-17-7-10-4-2-3-5-11(10)8-17/h2-5H,6-8H2,1H3,(H,15,19)(H,16,18). The van der Waals surface area contributed by atoms with Crippen molar-refractivity contribution in [1.29, 1.82) is 0 Å². The number of rotatable bonds is 3. The van der Waals surface area contributed by atoms with Gasteiger partial charge in [-0.3, -0.25) is 10.2 Å². The van der Waals surface area contributed by atoms with Crippen molar-refractivity contribution in [2.75, 3.05) is 0 Å². The third kappa shape index (κ3) is 2.82. The van der Waals surface area contributed by atoms with Gasteiger partial charge in [0, 0.05) is 23.7 Å². The molecule has 4 nitrogen and oxygen atoms in total. The number of amides is 1. The van der Waals surface area contributed by atoms with Crippen LogP contribution in [-0.2, 0) is 24.3 Å². The smallest absolute Gasteiger partial charge is 0.239 e. The Balaban J connectivity index is 1.61. The van der Waals surface area contributed by atoms with Crippen LogP contribution in [-0.4, -0.2) is 15.9 Å². The third-order valence-electron chi connectivity index (χ3n) is 3.37. The molecular weight excluding hydrogens is 290 g/mol. The van der Waals surface area contributed by atoms with Crippen molar-refractivity contribution in [3.8, 4) is 0 Å². The van der Waals surface area contributed by atoms with Crippen molar-refractivity contribution in [3.63, 3.8) is 0 Å². The van der Waals surface area contributed by atoms with Gasteiger partial charge in [0.2, 0.25) is 5.91 Å². The van der Waals surface area contributed by atoms with E-state index in [1.54, 1.807) is 0 Å². The van der Waals surface area contributed by atoms with Crippen molar-refractivity contribution >= 4 is 29.5 Å². The number of carbonyl (C=O) groups is 1. The van der Waals surface area contributed by atoms with Crippen LogP contribution in [0.25, 0.3) is 0 Å². The van der Waals surface area contributed by atoms with Crippen LogP contribution < -0.4 is 5.43 Å². The summed E-state index contributed by atoms with van der Waals surface area (Å²) in [5.41, 5.74) is 6.51. The van der Waals surface area contributed by atoms with Gasteiger partial charge in [0.25, 0.3) is 0 Å². The molecule has 1 aliphatic rings. The molecule has 2 heterocycles. The van der Waals surface area contributed by atoms with Gasteiger partial charge >= 0.3 is 0 Å². The molecular formula is C14H15N3OS2. The number of hydrogen-bond donors (Lipinski definition) is 2. The van der Waals surface area contributed by atoms with E-state index in [1.165, 1.54) is 22.5 Å². The Morgan fingerprint density at radius 1 is 1.40 bits per heavy atom. The van der Waals surface area contributed by atoms with Gasteiger partial charge in [-0.15, -0.1) is 11.3 Å². The molecule has 0 spiro atoms. The number of nitrogens with zero attached hydrogens (tertiary/aromatic N) is 1. The molecule has 2 N–H and O–H groups in total. The lowest BCUT2D eigenvalue weighted by Gasteiger charge is -2.16. The molecule has 0 fully saturated rings. The maximum Gasteiger partial charge on any atom is 0.239 e. The first-order valence-electron chi connectivity index (χ1n) is 6.41. The summed E-state index contributed by atoms with van der Waals surface area (Å²) in [5.74, 6) is 0.00570. The Labute approximate surface area is 126 Å². The van der Waals surface area contributed by atoms with Crippen LogP contribution in [0.4, 0.5) is 0 Å². The fraction of sp³-hybridized carbons (Fsp3) is 0.286. The summed E-state index contributed by atoms with van der Waals surface area (Å²) < 4.78 is 0.721. The zero-order valence-corrected chi connectivity index (χ0v) is 12.7. The van der Waals surface area contributed by atoms with E-state index in [-0.39, 0.29) is 5.91 Å². The highest BCUT2D eigenvalue weighted by Gasteiger charge is 2.20. The van der Waals surface area contributed by atoms with Crippen LogP contribution in [0.2, 0.25) is 0 Å². The molecule has 0 saturated carbocycles. The van der Waals surface area contributed by atoms with E-state index in [9.17, 15) is 4.79 Å². The Kier molecular flexibility index (Phi) is 3.69. The highest BCUT2D eigenvalue weighted by Crippen LogP contribution is 2.20. The molecule has 1 aromatic carbocycles. The van der Waals surface area contributed by atoms with Crippen molar-refractivity contribution in [1.82, 2.24) is 15.4 Å². The number of aryl methyl sites for hydroxylation is 1. The van der Waals surface area contributed by atoms with Gasteiger partial charge in [-0.2, -0.15) is 0 Å². The molecule has 0 unspecified atom stereocenters. The van der Waals surface area contributed by atoms with E-state index in [2.05, 4.69) is 22.5 Å². The van der Waals surface area contributed by atoms with Gasteiger partial charge in [0.05, 0.1) is 6.42 Å². The SMILES string of the molecule is Cc1[nH]c(=S)sc1CC(=O)NN1Cc2ccccc2C1. The number of hydrazine groups is 1. The fourth-order valence-electron chi connectivity index (χ4n) is 2.38. The predicted octanol–water partition coefficient (Wildman–Crippen LogP) is 2.70. The third-order valence-corrected chi connectivity index (χ3v) is 4.70. The molecule has 0 bridgehead atoms. The van der Waals surface area contributed by atoms with E-state index in [1.807, 2.05) is 24.1 Å². The Hall–Kier alpha value is -1.50. The molecule has 2 aromatic rings. The molecule has 1 amide bonds. The van der Waals surface area contributed by atoms with Gasteiger partial charge in [-0.1, -0.05) is 24.3 Å². The lowest BCUT2D eigenvalue weighted by Crippen LogP contribution is -2.39. The second kappa shape index (κ2) is 5.47. The lowest BCUT2D eigenvalue weighted by molar-refractivity contribution is -0.125. The van der Waals surface area contributed by atoms with E-state index in [0.29, 0.717) is 6.42 Å². The molecule has 104 valence electrons. The second-order valence-electron chi connectivity index (χ2n) is 4.90. The minimum Gasteiger partial charge on any atom is -0.341 e. The van der Waals surface area contributed by atoms with Gasteiger partial charge in [0.15, 0.2) is 3.95 Å². The molecule has 1 aliphatic heterocycles. The summed E-state index contributed by atoms with van der Waals surface area (Å²) in [6, 6.07) is 8.26. The summed E-state index contributed by atoms with van der Waals surface area (Å²) in [4.78, 5) is 16.2. The molecule has 0 radical (unpaired) electrons. The largest absolute Gasteiger partial charge is 0.341 e. The maximum atomic E-state index is 12.1. The van der Waals surface area contributed by atoms with Crippen molar-refractivity contribution in [2.24, 2.45) is 0 Å². The number of benzene rings is 1. The Bertz CT molecular complexity index is 679. The van der Waals surface area contributed by atoms with Crippen LogP contribution in [0.3, 0.4) is 0 Å². The van der Waals surface area contributed by atoms with Crippen LogP contribution in [0.15, 0.2) is 24.3 Å². The van der Waals surface area contributed by atoms with Crippen LogP contribution in [0, 0.1) is 10.9 Å². The topological polar surface area (TPSA) is 48.1 Å². The molecule has 6 heteroatoms. The van der Waals surface area contributed by atoms with Crippen molar-refractivity contribution < 1.29 is 4.79 Å². The number of hydrogen-bond acceptors (Lipinski definition) is 4. The Morgan fingerprint density at radius 3 is 2.60 bits per heavy atom. The monoisotopic (exact) mass is 305 g/mol. The zero-order chi connectivity index (χ0) is 14.1. The highest BCUT2D eigenvalue weighted by molar-refractivity contribution is 7.73. The first kappa shape index (κ1) is 13.5. The fourth-order valence-corrected chi connectivity index (χ4v) is 3.67. The Morgan fingerprint density at radius 2 is 2.05 bits per heavy atom. The van der Waals surface area contributed by atoms with Crippen LogP contribution >= 0.6 is 23.6 Å². The first-order chi connectivity index (χ1) is 9.61. The van der Waals surface area contributed by atoms with E-state index < -0.39 is 0 Å². The van der Waals surface area contributed by atoms with Crippen LogP contribution in [0.5, 0.6) is 0 Å². The van der Waals surface area contributed by atoms with E-state index >= 15 is 0 Å². The molecule has 3 rings (SSSR count). The molecule has 0 saturated heterocycles. The highest BCUT2D eigenvalue weighted by atomic mass is 32.1. The van der Waals surface area contributed by atoms with Gasteiger partial charge in [-0.05, 0) is 30.3 Å². The van der Waals surface area contributed by atoms with Gasteiger partial charge in [0.1, 0.15) is 0 Å². The van der Waals surface area contributed by atoms with E-state index in [4.69, 9.17) is 12.2 Å². The number of thiazole rings is 1. The van der Waals surface area contributed by atoms with Crippen molar-refractivity contribution in [2.45, 2.75) is 26.4 Å². The summed E-state index contributed by atoms with van der Waals surface area (Å²) >= 11 is 6.55. The van der Waals surface area contributed by atoms with Gasteiger partial charge in [-0.25, -0.2) is 5.01 Å². The molecule has 20 heavy (non-hydrogen) atoms. The number of nitrogens with one attached hydrogen (secondary N) is 2. The summed E-state index contributed by atoms with van der Waals surface area (Å²) in [5, 5.41) is 1.95. The summed E-state index contributed by atoms with van der Waals surface area (Å²) in [6.07, 6.45) is 0.372. The van der Waals surface area contributed by atoms with Gasteiger partial charge < -0.3 is 4.98 Å². The summed E-state index contributed by atoms with van der Waals surface area (Å²) in [7, 11) is 0. The number of H-pyrrole nitrogens is 1. The molecule has 0 aliphatic carbocycles. The summed E-state index contributed by atoms with van der Waals surface area (Å²) in [6.45, 7) is 3.48. The van der Waals surface area contributed by atoms with E-state index in [0.717, 1.165) is 27.6 Å². The minimum absolute atomic E-state index is 0.00570. The molecule has 0 atom stereocenters. The average molecular weight is 305 g/mol. The zero-order valence-electron chi connectivity index (χ0n) is 11.1. The normalized spacial score (nSPS) is 14.2. The number of aromatic nitrogens is 1. The minimum atomic E-state index is 0.00570. The second-order valence-corrected chi connectivity index (χ2v) is 6.67. The molecule has 1 aromatic heterocycles. The number of fused-ring (bicyclic) bond motifs is 1. The number of carbonyl (C=O) groups excluding carboxylic acids is 1. The lowest BCUT2D eigenvalue weighted by atomic mass is 10.1. The number of aromatic amines is 1. The predicted molar refractivity (Wildman–Crippen MR) is 81.8 cm³/mol. The first-order valence-corrected chi connectivity index (χ1v) is 7.64. The van der Waals surface area contributed by atoms with Crippen LogP contribution in [0.1, 0.15) is 21.7 Å².